The van der Waals surface area contributed by atoms with E-state index in [-0.39, 0.29) is 18.6 Å². The number of hydrogen-bond acceptors (Lipinski definition) is 3. The van der Waals surface area contributed by atoms with Crippen molar-refractivity contribution in [2.75, 3.05) is 13.7 Å². The van der Waals surface area contributed by atoms with Crippen molar-refractivity contribution in [3.63, 3.8) is 0 Å². The van der Waals surface area contributed by atoms with Gasteiger partial charge in [0.2, 0.25) is 0 Å². The topological polar surface area (TPSA) is 47.6 Å². The lowest BCUT2D eigenvalue weighted by molar-refractivity contribution is -0.124. The highest BCUT2D eigenvalue weighted by molar-refractivity contribution is 9.10. The van der Waals surface area contributed by atoms with Crippen LogP contribution < -0.4 is 14.8 Å². The van der Waals surface area contributed by atoms with Gasteiger partial charge in [0.15, 0.2) is 6.61 Å². The standard InChI is InChI=1S/C19H19BrClNO3/c1-24-15-7-4-13(5-8-15)19(12-2-3-12)22-18(23)11-25-17-9-6-14(20)10-16(17)21/h4-10,12,19H,2-3,11H2,1H3,(H,22,23)/t19-/m0/s1. The first kappa shape index (κ1) is 18.1. The van der Waals surface area contributed by atoms with Gasteiger partial charge in [0, 0.05) is 4.47 Å². The fraction of sp³-hybridized carbons (Fsp3) is 0.316. The van der Waals surface area contributed by atoms with Crippen molar-refractivity contribution in [2.24, 2.45) is 5.92 Å². The van der Waals surface area contributed by atoms with Gasteiger partial charge in [0.05, 0.1) is 18.2 Å². The van der Waals surface area contributed by atoms with E-state index in [4.69, 9.17) is 21.1 Å². The maximum Gasteiger partial charge on any atom is 0.258 e. The second-order valence-electron chi connectivity index (χ2n) is 6.02. The van der Waals surface area contributed by atoms with E-state index in [0.717, 1.165) is 28.6 Å². The van der Waals surface area contributed by atoms with Crippen LogP contribution >= 0.6 is 27.5 Å². The zero-order valence-electron chi connectivity index (χ0n) is 13.8. The average molecular weight is 425 g/mol. The summed E-state index contributed by atoms with van der Waals surface area (Å²) in [4.78, 5) is 12.3. The fourth-order valence-corrected chi connectivity index (χ4v) is 3.39. The Morgan fingerprint density at radius 1 is 1.28 bits per heavy atom. The van der Waals surface area contributed by atoms with Gasteiger partial charge >= 0.3 is 0 Å². The van der Waals surface area contributed by atoms with Crippen molar-refractivity contribution in [1.82, 2.24) is 5.32 Å². The molecule has 2 aromatic carbocycles. The maximum atomic E-state index is 12.3. The number of halogens is 2. The summed E-state index contributed by atoms with van der Waals surface area (Å²) in [5.74, 6) is 1.62. The largest absolute Gasteiger partial charge is 0.497 e. The van der Waals surface area contributed by atoms with E-state index in [0.29, 0.717) is 16.7 Å². The highest BCUT2D eigenvalue weighted by atomic mass is 79.9. The van der Waals surface area contributed by atoms with Gasteiger partial charge in [-0.15, -0.1) is 0 Å². The molecule has 1 saturated carbocycles. The molecular formula is C19H19BrClNO3. The molecule has 3 rings (SSSR count). The van der Waals surface area contributed by atoms with Crippen LogP contribution in [-0.2, 0) is 4.79 Å². The van der Waals surface area contributed by atoms with Crippen molar-refractivity contribution >= 4 is 33.4 Å². The van der Waals surface area contributed by atoms with Gasteiger partial charge in [0.25, 0.3) is 5.91 Å². The highest BCUT2D eigenvalue weighted by Crippen LogP contribution is 2.41. The molecule has 0 spiro atoms. The molecule has 0 unspecified atom stereocenters. The first-order valence-corrected chi connectivity index (χ1v) is 9.25. The zero-order chi connectivity index (χ0) is 17.8. The SMILES string of the molecule is COc1ccc([C@@H](NC(=O)COc2ccc(Br)cc2Cl)C2CC2)cc1. The molecule has 4 nitrogen and oxygen atoms in total. The molecule has 6 heteroatoms. The van der Waals surface area contributed by atoms with Crippen LogP contribution in [0.2, 0.25) is 5.02 Å². The molecule has 0 saturated heterocycles. The molecule has 1 aliphatic carbocycles. The number of nitrogens with one attached hydrogen (secondary N) is 1. The Hall–Kier alpha value is -1.72. The lowest BCUT2D eigenvalue weighted by Gasteiger charge is -2.19. The minimum Gasteiger partial charge on any atom is -0.497 e. The molecule has 0 bridgehead atoms. The minimum atomic E-state index is -0.160. The quantitative estimate of drug-likeness (QED) is 0.697. The Kier molecular flexibility index (Phi) is 5.86. The van der Waals surface area contributed by atoms with Gasteiger partial charge < -0.3 is 14.8 Å². The molecule has 0 radical (unpaired) electrons. The summed E-state index contributed by atoms with van der Waals surface area (Å²) >= 11 is 9.44. The Balaban J connectivity index is 1.61. The van der Waals surface area contributed by atoms with Crippen LogP contribution in [0.15, 0.2) is 46.9 Å². The van der Waals surface area contributed by atoms with Crippen LogP contribution in [0.25, 0.3) is 0 Å². The van der Waals surface area contributed by atoms with Crippen LogP contribution in [0, 0.1) is 5.92 Å². The second kappa shape index (κ2) is 8.11. The Labute approximate surface area is 160 Å². The lowest BCUT2D eigenvalue weighted by Crippen LogP contribution is -2.33. The van der Waals surface area contributed by atoms with E-state index in [1.165, 1.54) is 0 Å². The third-order valence-electron chi connectivity index (χ3n) is 4.14. The summed E-state index contributed by atoms with van der Waals surface area (Å²) in [7, 11) is 1.64. The predicted octanol–water partition coefficient (Wildman–Crippen LogP) is 4.76. The normalized spacial score (nSPS) is 14.7. The second-order valence-corrected chi connectivity index (χ2v) is 7.34. The Morgan fingerprint density at radius 3 is 2.60 bits per heavy atom. The number of methoxy groups -OCH3 is 1. The number of rotatable bonds is 7. The summed E-state index contributed by atoms with van der Waals surface area (Å²) < 4.78 is 11.6. The van der Waals surface area contributed by atoms with E-state index in [1.807, 2.05) is 30.3 Å². The number of hydrogen-bond donors (Lipinski definition) is 1. The third-order valence-corrected chi connectivity index (χ3v) is 4.93. The van der Waals surface area contributed by atoms with Gasteiger partial charge in [0.1, 0.15) is 11.5 Å². The van der Waals surface area contributed by atoms with Gasteiger partial charge in [-0.2, -0.15) is 0 Å². The first-order valence-electron chi connectivity index (χ1n) is 8.08. The summed E-state index contributed by atoms with van der Waals surface area (Å²) in [6, 6.07) is 13.1. The molecule has 0 aromatic heterocycles. The summed E-state index contributed by atoms with van der Waals surface area (Å²) in [6.45, 7) is -0.0687. The van der Waals surface area contributed by atoms with Crippen molar-refractivity contribution in [2.45, 2.75) is 18.9 Å². The van der Waals surface area contributed by atoms with Gasteiger partial charge in [-0.3, -0.25) is 4.79 Å². The molecule has 0 aliphatic heterocycles. The number of ether oxygens (including phenoxy) is 2. The van der Waals surface area contributed by atoms with Crippen LogP contribution in [0.4, 0.5) is 0 Å². The van der Waals surface area contributed by atoms with E-state index < -0.39 is 0 Å². The number of carbonyl (C=O) groups is 1. The summed E-state index contributed by atoms with van der Waals surface area (Å²) in [5, 5.41) is 3.55. The molecular weight excluding hydrogens is 406 g/mol. The molecule has 1 fully saturated rings. The van der Waals surface area contributed by atoms with Gasteiger partial charge in [-0.1, -0.05) is 39.7 Å². The smallest absolute Gasteiger partial charge is 0.258 e. The molecule has 2 aromatic rings. The van der Waals surface area contributed by atoms with Gasteiger partial charge in [-0.05, 0) is 54.7 Å². The number of carbonyl (C=O) groups excluding carboxylic acids is 1. The fourth-order valence-electron chi connectivity index (χ4n) is 2.66. The Bertz CT molecular complexity index is 747. The van der Waals surface area contributed by atoms with Crippen LogP contribution in [0.3, 0.4) is 0 Å². The van der Waals surface area contributed by atoms with E-state index in [9.17, 15) is 4.79 Å². The molecule has 1 N–H and O–H groups in total. The summed E-state index contributed by atoms with van der Waals surface area (Å²) in [5.41, 5.74) is 1.08. The van der Waals surface area contributed by atoms with Crippen molar-refractivity contribution in [3.05, 3.63) is 57.5 Å². The van der Waals surface area contributed by atoms with E-state index >= 15 is 0 Å². The van der Waals surface area contributed by atoms with E-state index in [1.54, 1.807) is 19.2 Å². The molecule has 1 amide bonds. The maximum absolute atomic E-state index is 12.3. The zero-order valence-corrected chi connectivity index (χ0v) is 16.1. The van der Waals surface area contributed by atoms with Crippen LogP contribution in [-0.4, -0.2) is 19.6 Å². The predicted molar refractivity (Wildman–Crippen MR) is 101 cm³/mol. The first-order chi connectivity index (χ1) is 12.1. The Morgan fingerprint density at radius 2 is 2.00 bits per heavy atom. The molecule has 1 atom stereocenters. The van der Waals surface area contributed by atoms with Gasteiger partial charge in [-0.25, -0.2) is 0 Å². The highest BCUT2D eigenvalue weighted by Gasteiger charge is 2.33. The average Bonchev–Trinajstić information content (AvgIpc) is 3.44. The van der Waals surface area contributed by atoms with Crippen molar-refractivity contribution < 1.29 is 14.3 Å². The van der Waals surface area contributed by atoms with Crippen molar-refractivity contribution in [3.8, 4) is 11.5 Å². The lowest BCUT2D eigenvalue weighted by atomic mass is 10.0. The van der Waals surface area contributed by atoms with Crippen LogP contribution in [0.1, 0.15) is 24.4 Å². The number of amides is 1. The monoisotopic (exact) mass is 423 g/mol. The third kappa shape index (κ3) is 4.89. The number of benzene rings is 2. The van der Waals surface area contributed by atoms with Crippen molar-refractivity contribution in [1.29, 1.82) is 0 Å². The van der Waals surface area contributed by atoms with Crippen LogP contribution in [0.5, 0.6) is 11.5 Å². The minimum absolute atomic E-state index is 0.00222. The van der Waals surface area contributed by atoms with E-state index in [2.05, 4.69) is 21.2 Å². The molecule has 1 aliphatic rings. The molecule has 0 heterocycles. The summed E-state index contributed by atoms with van der Waals surface area (Å²) in [6.07, 6.45) is 2.24. The molecule has 25 heavy (non-hydrogen) atoms. The molecule has 132 valence electrons.